The van der Waals surface area contributed by atoms with Gasteiger partial charge in [0.2, 0.25) is 0 Å². The molecule has 1 heterocycles. The number of halogens is 1. The molecule has 1 aromatic heterocycles. The van der Waals surface area contributed by atoms with E-state index in [2.05, 4.69) is 4.74 Å². The summed E-state index contributed by atoms with van der Waals surface area (Å²) in [7, 11) is 1.13. The van der Waals surface area contributed by atoms with Crippen LogP contribution in [0.5, 0.6) is 0 Å². The highest BCUT2D eigenvalue weighted by molar-refractivity contribution is 5.92. The summed E-state index contributed by atoms with van der Waals surface area (Å²) in [5.74, 6) is -1.41. The fraction of sp³-hybridized carbons (Fsp3) is 0.0909. The molecule has 0 aliphatic carbocycles. The van der Waals surface area contributed by atoms with Crippen molar-refractivity contribution < 1.29 is 18.3 Å². The first-order chi connectivity index (χ1) is 7.63. The first kappa shape index (κ1) is 10.4. The van der Waals surface area contributed by atoms with Crippen molar-refractivity contribution in [1.29, 1.82) is 0 Å². The van der Waals surface area contributed by atoms with E-state index in [1.165, 1.54) is 18.2 Å². The smallest absolute Gasteiger partial charge is 0.351 e. The number of methoxy groups -OCH3 is 1. The molecule has 1 aromatic carbocycles. The lowest BCUT2D eigenvalue weighted by Crippen LogP contribution is -2.15. The lowest BCUT2D eigenvalue weighted by molar-refractivity contribution is 0.0596. The number of carbonyl (C=O) groups is 1. The molecule has 0 fully saturated rings. The molecule has 0 saturated heterocycles. The zero-order valence-electron chi connectivity index (χ0n) is 8.32. The predicted octanol–water partition coefficient (Wildman–Crippen LogP) is 1.72. The van der Waals surface area contributed by atoms with Crippen LogP contribution >= 0.6 is 0 Å². The number of ether oxygens (including phenoxy) is 1. The molecular formula is C11H7FO4. The Morgan fingerprint density at radius 2 is 2.19 bits per heavy atom. The molecule has 0 aliphatic heterocycles. The molecule has 4 nitrogen and oxygen atoms in total. The molecule has 0 amide bonds. The number of fused-ring (bicyclic) bond motifs is 1. The second kappa shape index (κ2) is 3.77. The summed E-state index contributed by atoms with van der Waals surface area (Å²) in [6.07, 6.45) is 0. The highest BCUT2D eigenvalue weighted by Gasteiger charge is 2.15. The Morgan fingerprint density at radius 1 is 1.44 bits per heavy atom. The molecule has 0 N–H and O–H groups in total. The standard InChI is InChI=1S/C11H7FO4/c1-15-10(13)7-5-6-8(12)3-2-4-9(6)16-11(7)14/h2-5H,1H3. The van der Waals surface area contributed by atoms with Gasteiger partial charge in [0, 0.05) is 0 Å². The highest BCUT2D eigenvalue weighted by atomic mass is 19.1. The second-order valence-electron chi connectivity index (χ2n) is 3.09. The van der Waals surface area contributed by atoms with Crippen LogP contribution in [0.4, 0.5) is 4.39 Å². The van der Waals surface area contributed by atoms with Crippen molar-refractivity contribution in [2.45, 2.75) is 0 Å². The second-order valence-corrected chi connectivity index (χ2v) is 3.09. The number of esters is 1. The molecular weight excluding hydrogens is 215 g/mol. The summed E-state index contributed by atoms with van der Waals surface area (Å²) in [5, 5.41) is 0.0718. The van der Waals surface area contributed by atoms with Crippen LogP contribution in [0.25, 0.3) is 11.0 Å². The van der Waals surface area contributed by atoms with Crippen molar-refractivity contribution >= 4 is 16.9 Å². The van der Waals surface area contributed by atoms with Crippen LogP contribution in [0.15, 0.2) is 33.5 Å². The van der Waals surface area contributed by atoms with Crippen LogP contribution in [0.1, 0.15) is 10.4 Å². The van der Waals surface area contributed by atoms with Crippen LogP contribution in [0.2, 0.25) is 0 Å². The van der Waals surface area contributed by atoms with Crippen LogP contribution in [-0.4, -0.2) is 13.1 Å². The van der Waals surface area contributed by atoms with Gasteiger partial charge in [-0.3, -0.25) is 0 Å². The molecule has 2 rings (SSSR count). The third-order valence-corrected chi connectivity index (χ3v) is 2.13. The summed E-state index contributed by atoms with van der Waals surface area (Å²) in [6, 6.07) is 5.20. The van der Waals surface area contributed by atoms with E-state index < -0.39 is 17.4 Å². The van der Waals surface area contributed by atoms with Crippen molar-refractivity contribution in [2.75, 3.05) is 7.11 Å². The van der Waals surface area contributed by atoms with Gasteiger partial charge in [-0.15, -0.1) is 0 Å². The van der Waals surface area contributed by atoms with Crippen molar-refractivity contribution in [3.05, 3.63) is 46.1 Å². The third kappa shape index (κ3) is 1.56. The Morgan fingerprint density at radius 3 is 2.88 bits per heavy atom. The zero-order chi connectivity index (χ0) is 11.7. The van der Waals surface area contributed by atoms with Gasteiger partial charge in [0.05, 0.1) is 12.5 Å². The summed E-state index contributed by atoms with van der Waals surface area (Å²) in [6.45, 7) is 0. The van der Waals surface area contributed by atoms with Crippen molar-refractivity contribution in [3.8, 4) is 0 Å². The predicted molar refractivity (Wildman–Crippen MR) is 53.8 cm³/mol. The van der Waals surface area contributed by atoms with Gasteiger partial charge in [0.1, 0.15) is 17.0 Å². The average molecular weight is 222 g/mol. The number of benzene rings is 1. The van der Waals surface area contributed by atoms with E-state index in [0.717, 1.165) is 13.2 Å². The van der Waals surface area contributed by atoms with Crippen molar-refractivity contribution in [3.63, 3.8) is 0 Å². The Kier molecular flexibility index (Phi) is 2.44. The lowest BCUT2D eigenvalue weighted by atomic mass is 10.2. The monoisotopic (exact) mass is 222 g/mol. The van der Waals surface area contributed by atoms with E-state index in [0.29, 0.717) is 0 Å². The zero-order valence-corrected chi connectivity index (χ0v) is 8.32. The highest BCUT2D eigenvalue weighted by Crippen LogP contribution is 2.17. The van der Waals surface area contributed by atoms with Crippen LogP contribution in [0.3, 0.4) is 0 Å². The van der Waals surface area contributed by atoms with Gasteiger partial charge in [0.25, 0.3) is 0 Å². The fourth-order valence-corrected chi connectivity index (χ4v) is 1.36. The Labute approximate surface area is 89.2 Å². The average Bonchev–Trinajstić information content (AvgIpc) is 2.28. The van der Waals surface area contributed by atoms with Crippen molar-refractivity contribution in [2.24, 2.45) is 0 Å². The van der Waals surface area contributed by atoms with Crippen LogP contribution in [-0.2, 0) is 4.74 Å². The lowest BCUT2D eigenvalue weighted by Gasteiger charge is -2.00. The molecule has 0 aliphatic rings. The number of rotatable bonds is 1. The van der Waals surface area contributed by atoms with E-state index >= 15 is 0 Å². The third-order valence-electron chi connectivity index (χ3n) is 2.13. The minimum Gasteiger partial charge on any atom is -0.465 e. The Bertz CT molecular complexity index is 615. The topological polar surface area (TPSA) is 56.5 Å². The van der Waals surface area contributed by atoms with Gasteiger partial charge >= 0.3 is 11.6 Å². The molecule has 16 heavy (non-hydrogen) atoms. The Balaban J connectivity index is 2.79. The first-order valence-corrected chi connectivity index (χ1v) is 4.44. The number of hydrogen-bond acceptors (Lipinski definition) is 4. The van der Waals surface area contributed by atoms with E-state index in [9.17, 15) is 14.0 Å². The van der Waals surface area contributed by atoms with Gasteiger partial charge in [0.15, 0.2) is 0 Å². The van der Waals surface area contributed by atoms with Gasteiger partial charge in [-0.25, -0.2) is 14.0 Å². The maximum absolute atomic E-state index is 13.4. The normalized spacial score (nSPS) is 10.4. The molecule has 2 aromatic rings. The first-order valence-electron chi connectivity index (χ1n) is 4.44. The summed E-state index contributed by atoms with van der Waals surface area (Å²) < 4.78 is 22.5. The maximum Gasteiger partial charge on any atom is 0.351 e. The van der Waals surface area contributed by atoms with Gasteiger partial charge < -0.3 is 9.15 Å². The van der Waals surface area contributed by atoms with Crippen LogP contribution < -0.4 is 5.63 Å². The summed E-state index contributed by atoms with van der Waals surface area (Å²) >= 11 is 0. The Hall–Kier alpha value is -2.17. The minimum atomic E-state index is -0.848. The largest absolute Gasteiger partial charge is 0.465 e. The molecule has 0 radical (unpaired) electrons. The van der Waals surface area contributed by atoms with E-state index in [4.69, 9.17) is 4.42 Å². The molecule has 5 heteroatoms. The van der Waals surface area contributed by atoms with E-state index in [-0.39, 0.29) is 16.5 Å². The molecule has 0 spiro atoms. The van der Waals surface area contributed by atoms with Gasteiger partial charge in [-0.05, 0) is 18.2 Å². The SMILES string of the molecule is COC(=O)c1cc2c(F)cccc2oc1=O. The number of carbonyl (C=O) groups excluding carboxylic acids is 1. The molecule has 82 valence electrons. The quantitative estimate of drug-likeness (QED) is 0.544. The van der Waals surface area contributed by atoms with Crippen LogP contribution in [0, 0.1) is 5.82 Å². The van der Waals surface area contributed by atoms with Crippen molar-refractivity contribution in [1.82, 2.24) is 0 Å². The minimum absolute atomic E-state index is 0.0718. The fourth-order valence-electron chi connectivity index (χ4n) is 1.36. The number of hydrogen-bond donors (Lipinski definition) is 0. The van der Waals surface area contributed by atoms with E-state index in [1.54, 1.807) is 0 Å². The molecule has 0 unspecified atom stereocenters. The van der Waals surface area contributed by atoms with Gasteiger partial charge in [-0.2, -0.15) is 0 Å². The summed E-state index contributed by atoms with van der Waals surface area (Å²) in [4.78, 5) is 22.5. The van der Waals surface area contributed by atoms with E-state index in [1.807, 2.05) is 0 Å². The molecule has 0 saturated carbocycles. The maximum atomic E-state index is 13.4. The molecule has 0 bridgehead atoms. The summed E-state index contributed by atoms with van der Waals surface area (Å²) in [5.41, 5.74) is -1.07. The molecule has 0 atom stereocenters. The van der Waals surface area contributed by atoms with Gasteiger partial charge in [-0.1, -0.05) is 6.07 Å².